The van der Waals surface area contributed by atoms with Gasteiger partial charge < -0.3 is 9.84 Å². The van der Waals surface area contributed by atoms with E-state index in [9.17, 15) is 9.59 Å². The molecule has 14 heavy (non-hydrogen) atoms. The van der Waals surface area contributed by atoms with Crippen molar-refractivity contribution in [2.24, 2.45) is 10.8 Å². The monoisotopic (exact) mass is 326 g/mol. The second-order valence-electron chi connectivity index (χ2n) is 3.89. The lowest BCUT2D eigenvalue weighted by Gasteiger charge is -2.74. The third kappa shape index (κ3) is 0.734. The van der Waals surface area contributed by atoms with Crippen LogP contribution in [0.25, 0.3) is 0 Å². The molecule has 4 nitrogen and oxygen atoms in total. The smallest absolute Gasteiger partial charge is 0.314 e. The molecule has 3 fully saturated rings. The normalized spacial score (nSPS) is 41.9. The zero-order valence-electron chi connectivity index (χ0n) is 7.34. The Hall–Kier alpha value is -0.100. The van der Waals surface area contributed by atoms with Crippen molar-refractivity contribution in [1.29, 1.82) is 0 Å². The molecule has 0 aromatic heterocycles. The van der Waals surface area contributed by atoms with E-state index in [1.165, 1.54) is 7.11 Å². The first-order valence-electron chi connectivity index (χ1n) is 4.04. The Balaban J connectivity index is 2.29. The molecule has 0 aromatic carbocycles. The summed E-state index contributed by atoms with van der Waals surface area (Å²) in [6, 6.07) is 0. The Morgan fingerprint density at radius 2 is 1.79 bits per heavy atom. The topological polar surface area (TPSA) is 63.6 Å². The third-order valence-electron chi connectivity index (χ3n) is 3.39. The van der Waals surface area contributed by atoms with Gasteiger partial charge in [0.2, 0.25) is 0 Å². The standard InChI is InChI=1S/C8H8Br2O4/c1-14-5(13)7-2-6(3-7,4(11)12)8(7,9)10/h2-3H2,1H3,(H,11,12). The molecule has 3 saturated carbocycles. The second kappa shape index (κ2) is 2.52. The van der Waals surface area contributed by atoms with E-state index >= 15 is 0 Å². The Labute approximate surface area is 97.2 Å². The minimum atomic E-state index is -0.878. The van der Waals surface area contributed by atoms with Crippen molar-refractivity contribution in [3.63, 3.8) is 0 Å². The average Bonchev–Trinajstić information content (AvgIpc) is 2.00. The van der Waals surface area contributed by atoms with E-state index < -0.39 is 20.0 Å². The van der Waals surface area contributed by atoms with Gasteiger partial charge in [-0.3, -0.25) is 9.59 Å². The maximum absolute atomic E-state index is 11.5. The number of carboxylic acids is 1. The number of alkyl halides is 2. The molecule has 3 aliphatic rings. The van der Waals surface area contributed by atoms with E-state index in [2.05, 4.69) is 36.6 Å². The van der Waals surface area contributed by atoms with E-state index in [4.69, 9.17) is 5.11 Å². The molecule has 0 aromatic rings. The first-order chi connectivity index (χ1) is 6.34. The summed E-state index contributed by atoms with van der Waals surface area (Å²) >= 11 is 6.54. The zero-order valence-corrected chi connectivity index (χ0v) is 10.5. The molecule has 6 heteroatoms. The first kappa shape index (κ1) is 10.4. The average molecular weight is 328 g/mol. The lowest BCUT2D eigenvalue weighted by Crippen LogP contribution is -2.82. The molecule has 0 unspecified atom stereocenters. The van der Waals surface area contributed by atoms with Crippen LogP contribution in [0.3, 0.4) is 0 Å². The maximum Gasteiger partial charge on any atom is 0.314 e. The van der Waals surface area contributed by atoms with E-state index in [1.807, 2.05) is 0 Å². The zero-order chi connectivity index (χ0) is 10.8. The fraction of sp³-hybridized carbons (Fsp3) is 0.750. The quantitative estimate of drug-likeness (QED) is 0.617. The third-order valence-corrected chi connectivity index (χ3v) is 6.43. The first-order valence-corrected chi connectivity index (χ1v) is 5.62. The summed E-state index contributed by atoms with van der Waals surface area (Å²) in [6.07, 6.45) is 0.691. The van der Waals surface area contributed by atoms with Crippen LogP contribution in [0.1, 0.15) is 12.8 Å². The highest BCUT2D eigenvalue weighted by Gasteiger charge is 2.90. The molecular weight excluding hydrogens is 320 g/mol. The number of rotatable bonds is 2. The minimum Gasteiger partial charge on any atom is -0.481 e. The number of halogens is 2. The summed E-state index contributed by atoms with van der Waals surface area (Å²) in [5, 5.41) is 9.02. The van der Waals surface area contributed by atoms with Crippen LogP contribution in [0.4, 0.5) is 0 Å². The highest BCUT2D eigenvalue weighted by atomic mass is 79.9. The van der Waals surface area contributed by atoms with Crippen molar-refractivity contribution < 1.29 is 19.4 Å². The number of hydrogen-bond acceptors (Lipinski definition) is 3. The molecular formula is C8H8Br2O4. The Kier molecular flexibility index (Phi) is 1.88. The van der Waals surface area contributed by atoms with E-state index in [0.29, 0.717) is 12.8 Å². The molecule has 0 heterocycles. The fourth-order valence-electron chi connectivity index (χ4n) is 2.42. The number of ether oxygens (including phenoxy) is 1. The van der Waals surface area contributed by atoms with Gasteiger partial charge in [-0.25, -0.2) is 0 Å². The van der Waals surface area contributed by atoms with Crippen LogP contribution in [0, 0.1) is 10.8 Å². The van der Waals surface area contributed by atoms with Crippen LogP contribution in [0.2, 0.25) is 0 Å². The van der Waals surface area contributed by atoms with Gasteiger partial charge in [0, 0.05) is 0 Å². The molecule has 0 radical (unpaired) electrons. The predicted octanol–water partition coefficient (Wildman–Crippen LogP) is 1.51. The summed E-state index contributed by atoms with van der Waals surface area (Å²) in [7, 11) is 1.31. The highest BCUT2D eigenvalue weighted by Crippen LogP contribution is 2.85. The van der Waals surface area contributed by atoms with Crippen molar-refractivity contribution in [2.45, 2.75) is 16.1 Å². The largest absolute Gasteiger partial charge is 0.481 e. The number of hydrogen-bond donors (Lipinski definition) is 1. The lowest BCUT2D eigenvalue weighted by atomic mass is 9.35. The van der Waals surface area contributed by atoms with Gasteiger partial charge in [0.1, 0.15) is 3.23 Å². The molecule has 0 amide bonds. The highest BCUT2D eigenvalue weighted by molar-refractivity contribution is 9.25. The van der Waals surface area contributed by atoms with Crippen molar-refractivity contribution >= 4 is 43.8 Å². The lowest BCUT2D eigenvalue weighted by molar-refractivity contribution is -0.231. The van der Waals surface area contributed by atoms with Crippen molar-refractivity contribution in [2.75, 3.05) is 7.11 Å². The number of esters is 1. The molecule has 3 aliphatic carbocycles. The van der Waals surface area contributed by atoms with Gasteiger partial charge in [0.05, 0.1) is 17.9 Å². The maximum atomic E-state index is 11.5. The molecule has 0 spiro atoms. The van der Waals surface area contributed by atoms with E-state index in [1.54, 1.807) is 0 Å². The fourth-order valence-corrected chi connectivity index (χ4v) is 4.21. The molecule has 0 aliphatic heterocycles. The summed E-state index contributed by atoms with van der Waals surface area (Å²) in [4.78, 5) is 22.5. The predicted molar refractivity (Wildman–Crippen MR) is 54.3 cm³/mol. The van der Waals surface area contributed by atoms with Gasteiger partial charge >= 0.3 is 11.9 Å². The molecule has 3 rings (SSSR count). The molecule has 78 valence electrons. The van der Waals surface area contributed by atoms with Gasteiger partial charge in [-0.15, -0.1) is 0 Å². The van der Waals surface area contributed by atoms with Gasteiger partial charge in [-0.2, -0.15) is 0 Å². The molecule has 0 atom stereocenters. The Morgan fingerprint density at radius 3 is 2.07 bits per heavy atom. The summed E-state index contributed by atoms with van der Waals surface area (Å²) in [6.45, 7) is 0. The van der Waals surface area contributed by atoms with Gasteiger partial charge in [0.25, 0.3) is 0 Å². The van der Waals surface area contributed by atoms with Gasteiger partial charge in [-0.05, 0) is 12.8 Å². The van der Waals surface area contributed by atoms with Gasteiger partial charge in [-0.1, -0.05) is 31.9 Å². The minimum absolute atomic E-state index is 0.346. The van der Waals surface area contributed by atoms with Crippen LogP contribution in [-0.2, 0) is 14.3 Å². The molecule has 2 bridgehead atoms. The molecule has 0 saturated heterocycles. The molecule has 1 N–H and O–H groups in total. The van der Waals surface area contributed by atoms with Crippen LogP contribution >= 0.6 is 31.9 Å². The summed E-state index contributed by atoms with van der Waals surface area (Å²) < 4.78 is 3.83. The van der Waals surface area contributed by atoms with E-state index in [-0.39, 0.29) is 5.97 Å². The Bertz CT molecular complexity index is 330. The van der Waals surface area contributed by atoms with E-state index in [0.717, 1.165) is 0 Å². The van der Waals surface area contributed by atoms with Gasteiger partial charge in [0.15, 0.2) is 0 Å². The number of carbonyl (C=O) groups excluding carboxylic acids is 1. The van der Waals surface area contributed by atoms with Crippen LogP contribution < -0.4 is 0 Å². The van der Waals surface area contributed by atoms with Crippen molar-refractivity contribution in [3.05, 3.63) is 0 Å². The van der Waals surface area contributed by atoms with Crippen LogP contribution in [0.15, 0.2) is 0 Å². The van der Waals surface area contributed by atoms with Crippen molar-refractivity contribution in [3.8, 4) is 0 Å². The SMILES string of the molecule is COC(=O)C12CC(C(=O)O)(C1)C2(Br)Br. The Morgan fingerprint density at radius 1 is 1.29 bits per heavy atom. The van der Waals surface area contributed by atoms with Crippen LogP contribution in [0.5, 0.6) is 0 Å². The summed E-state index contributed by atoms with van der Waals surface area (Å²) in [5.74, 6) is -1.23. The number of methoxy groups -OCH3 is 1. The van der Waals surface area contributed by atoms with Crippen molar-refractivity contribution in [1.82, 2.24) is 0 Å². The number of carbonyl (C=O) groups is 2. The van der Waals surface area contributed by atoms with Crippen LogP contribution in [-0.4, -0.2) is 27.4 Å². The second-order valence-corrected chi connectivity index (χ2v) is 7.33. The summed E-state index contributed by atoms with van der Waals surface area (Å²) in [5.41, 5.74) is -1.54. The number of aliphatic carboxylic acids is 1. The number of carboxylic acid groups (broad SMARTS) is 1.